The van der Waals surface area contributed by atoms with Crippen LogP contribution in [0.4, 0.5) is 0 Å². The fourth-order valence-corrected chi connectivity index (χ4v) is 2.57. The summed E-state index contributed by atoms with van der Waals surface area (Å²) in [5, 5.41) is 3.50. The lowest BCUT2D eigenvalue weighted by Crippen LogP contribution is -2.36. The fraction of sp³-hybridized carbons (Fsp3) is 0.529. The van der Waals surface area contributed by atoms with Gasteiger partial charge in [0, 0.05) is 5.54 Å². The van der Waals surface area contributed by atoms with Crippen molar-refractivity contribution in [2.24, 2.45) is 0 Å². The summed E-state index contributed by atoms with van der Waals surface area (Å²) in [6, 6.07) is 6.26. The molecular formula is C17H26BrNO. The first-order chi connectivity index (χ1) is 9.31. The van der Waals surface area contributed by atoms with Gasteiger partial charge in [-0.05, 0) is 80.7 Å². The van der Waals surface area contributed by atoms with E-state index in [4.69, 9.17) is 4.74 Å². The van der Waals surface area contributed by atoms with Crippen molar-refractivity contribution >= 4 is 15.9 Å². The van der Waals surface area contributed by atoms with Gasteiger partial charge in [0.15, 0.2) is 0 Å². The number of allylic oxidation sites excluding steroid dienone is 1. The number of ether oxygens (including phenoxy) is 1. The third-order valence-corrected chi connectivity index (χ3v) is 3.61. The maximum atomic E-state index is 5.25. The van der Waals surface area contributed by atoms with Crippen molar-refractivity contribution in [3.63, 3.8) is 0 Å². The highest BCUT2D eigenvalue weighted by atomic mass is 79.9. The van der Waals surface area contributed by atoms with Gasteiger partial charge < -0.3 is 10.1 Å². The molecular weight excluding hydrogens is 314 g/mol. The molecule has 0 atom stereocenters. The average molecular weight is 340 g/mol. The molecule has 2 nitrogen and oxygen atoms in total. The van der Waals surface area contributed by atoms with Gasteiger partial charge >= 0.3 is 0 Å². The predicted molar refractivity (Wildman–Crippen MR) is 90.5 cm³/mol. The van der Waals surface area contributed by atoms with E-state index in [0.717, 1.165) is 29.6 Å². The van der Waals surface area contributed by atoms with Crippen molar-refractivity contribution in [2.75, 3.05) is 13.7 Å². The molecule has 0 aromatic heterocycles. The highest BCUT2D eigenvalue weighted by Gasteiger charge is 2.06. The third kappa shape index (κ3) is 6.58. The van der Waals surface area contributed by atoms with Gasteiger partial charge in [0.2, 0.25) is 0 Å². The van der Waals surface area contributed by atoms with Crippen molar-refractivity contribution in [1.29, 1.82) is 0 Å². The normalized spacial score (nSPS) is 12.6. The standard InChI is InChI=1S/C17H26BrNO/c1-13(7-6-10-19-17(2,3)4)11-14-8-9-16(20-5)15(18)12-14/h7-9,12,19H,6,10-11H2,1-5H3. The quantitative estimate of drug-likeness (QED) is 0.597. The number of nitrogens with one attached hydrogen (secondary N) is 1. The van der Waals surface area contributed by atoms with E-state index in [9.17, 15) is 0 Å². The molecule has 1 N–H and O–H groups in total. The molecule has 0 aliphatic rings. The van der Waals surface area contributed by atoms with Crippen molar-refractivity contribution in [3.8, 4) is 5.75 Å². The van der Waals surface area contributed by atoms with Crippen LogP contribution in [0, 0.1) is 0 Å². The Morgan fingerprint density at radius 3 is 2.60 bits per heavy atom. The van der Waals surface area contributed by atoms with E-state index in [1.807, 2.05) is 6.07 Å². The van der Waals surface area contributed by atoms with Gasteiger partial charge in [0.05, 0.1) is 11.6 Å². The van der Waals surface area contributed by atoms with Crippen molar-refractivity contribution < 1.29 is 4.74 Å². The van der Waals surface area contributed by atoms with E-state index in [1.54, 1.807) is 7.11 Å². The summed E-state index contributed by atoms with van der Waals surface area (Å²) in [5.74, 6) is 0.879. The molecule has 0 amide bonds. The molecule has 0 fully saturated rings. The molecule has 0 aliphatic carbocycles. The van der Waals surface area contributed by atoms with Gasteiger partial charge in [-0.1, -0.05) is 17.7 Å². The van der Waals surface area contributed by atoms with Gasteiger partial charge in [0.25, 0.3) is 0 Å². The van der Waals surface area contributed by atoms with E-state index in [-0.39, 0.29) is 5.54 Å². The Bertz CT molecular complexity index is 461. The monoisotopic (exact) mass is 339 g/mol. The van der Waals surface area contributed by atoms with Crippen LogP contribution in [0.3, 0.4) is 0 Å². The van der Waals surface area contributed by atoms with Crippen molar-refractivity contribution in [3.05, 3.63) is 39.9 Å². The molecule has 0 saturated heterocycles. The Morgan fingerprint density at radius 1 is 1.35 bits per heavy atom. The number of rotatable bonds is 6. The minimum Gasteiger partial charge on any atom is -0.496 e. The minimum atomic E-state index is 0.197. The van der Waals surface area contributed by atoms with Crippen molar-refractivity contribution in [2.45, 2.75) is 46.1 Å². The molecule has 0 aliphatic heterocycles. The predicted octanol–water partition coefficient (Wildman–Crippen LogP) is 4.72. The third-order valence-electron chi connectivity index (χ3n) is 2.99. The maximum absolute atomic E-state index is 5.25. The van der Waals surface area contributed by atoms with Gasteiger partial charge in [-0.15, -0.1) is 0 Å². The van der Waals surface area contributed by atoms with Gasteiger partial charge in [-0.25, -0.2) is 0 Å². The van der Waals surface area contributed by atoms with Crippen molar-refractivity contribution in [1.82, 2.24) is 5.32 Å². The Balaban J connectivity index is 2.49. The van der Waals surface area contributed by atoms with Crippen LogP contribution in [-0.2, 0) is 6.42 Å². The van der Waals surface area contributed by atoms with Crippen LogP contribution in [0.2, 0.25) is 0 Å². The van der Waals surface area contributed by atoms with Crippen LogP contribution in [0.25, 0.3) is 0 Å². The Kier molecular flexibility index (Phi) is 6.77. The van der Waals surface area contributed by atoms with Gasteiger partial charge in [-0.3, -0.25) is 0 Å². The van der Waals surface area contributed by atoms with E-state index < -0.39 is 0 Å². The number of benzene rings is 1. The molecule has 0 unspecified atom stereocenters. The molecule has 112 valence electrons. The maximum Gasteiger partial charge on any atom is 0.133 e. The summed E-state index contributed by atoms with van der Waals surface area (Å²) >= 11 is 3.53. The van der Waals surface area contributed by atoms with E-state index >= 15 is 0 Å². The second-order valence-corrected chi connectivity index (χ2v) is 7.02. The highest BCUT2D eigenvalue weighted by Crippen LogP contribution is 2.26. The smallest absolute Gasteiger partial charge is 0.133 e. The molecule has 1 aromatic carbocycles. The number of halogens is 1. The second kappa shape index (κ2) is 7.84. The van der Waals surface area contributed by atoms with Gasteiger partial charge in [0.1, 0.15) is 5.75 Å². The zero-order valence-electron chi connectivity index (χ0n) is 13.2. The second-order valence-electron chi connectivity index (χ2n) is 6.16. The SMILES string of the molecule is COc1ccc(CC(C)=CCCNC(C)(C)C)cc1Br. The lowest BCUT2D eigenvalue weighted by Gasteiger charge is -2.19. The molecule has 3 heteroatoms. The summed E-state index contributed by atoms with van der Waals surface area (Å²) in [5.41, 5.74) is 2.90. The van der Waals surface area contributed by atoms with Crippen LogP contribution < -0.4 is 10.1 Å². The Labute approximate surface area is 131 Å². The number of hydrogen-bond acceptors (Lipinski definition) is 2. The van der Waals surface area contributed by atoms with E-state index in [1.165, 1.54) is 11.1 Å². The average Bonchev–Trinajstić information content (AvgIpc) is 2.34. The molecule has 0 spiro atoms. The summed E-state index contributed by atoms with van der Waals surface area (Å²) in [6.07, 6.45) is 4.37. The van der Waals surface area contributed by atoms with Crippen LogP contribution in [0.1, 0.15) is 39.7 Å². The molecule has 20 heavy (non-hydrogen) atoms. The first-order valence-electron chi connectivity index (χ1n) is 7.05. The number of methoxy groups -OCH3 is 1. The Morgan fingerprint density at radius 2 is 2.05 bits per heavy atom. The minimum absolute atomic E-state index is 0.197. The Hall–Kier alpha value is -0.800. The van der Waals surface area contributed by atoms with E-state index in [0.29, 0.717) is 0 Å². The molecule has 1 rings (SSSR count). The largest absolute Gasteiger partial charge is 0.496 e. The molecule has 0 saturated carbocycles. The molecule has 0 bridgehead atoms. The summed E-state index contributed by atoms with van der Waals surface area (Å²) in [7, 11) is 1.69. The molecule has 0 radical (unpaired) electrons. The van der Waals surface area contributed by atoms with E-state index in [2.05, 4.69) is 67.2 Å². The lowest BCUT2D eigenvalue weighted by molar-refractivity contribution is 0.412. The number of hydrogen-bond donors (Lipinski definition) is 1. The zero-order chi connectivity index (χ0) is 15.2. The summed E-state index contributed by atoms with van der Waals surface area (Å²) < 4.78 is 6.26. The first kappa shape index (κ1) is 17.3. The van der Waals surface area contributed by atoms with Gasteiger partial charge in [-0.2, -0.15) is 0 Å². The fourth-order valence-electron chi connectivity index (χ4n) is 1.98. The lowest BCUT2D eigenvalue weighted by atomic mass is 10.0. The summed E-state index contributed by atoms with van der Waals surface area (Å²) in [4.78, 5) is 0. The zero-order valence-corrected chi connectivity index (χ0v) is 14.8. The highest BCUT2D eigenvalue weighted by molar-refractivity contribution is 9.10. The van der Waals surface area contributed by atoms with Crippen LogP contribution in [0.15, 0.2) is 34.3 Å². The summed E-state index contributed by atoms with van der Waals surface area (Å²) in [6.45, 7) is 9.79. The van der Waals surface area contributed by atoms with Crippen LogP contribution in [0.5, 0.6) is 5.75 Å². The van der Waals surface area contributed by atoms with Crippen LogP contribution in [-0.4, -0.2) is 19.2 Å². The van der Waals surface area contributed by atoms with Crippen LogP contribution >= 0.6 is 15.9 Å². The topological polar surface area (TPSA) is 21.3 Å². The molecule has 1 aromatic rings. The molecule has 0 heterocycles. The first-order valence-corrected chi connectivity index (χ1v) is 7.84.